The van der Waals surface area contributed by atoms with Gasteiger partial charge in [0, 0.05) is 12.0 Å². The highest BCUT2D eigenvalue weighted by Gasteiger charge is 2.25. The molecule has 4 nitrogen and oxygen atoms in total. The van der Waals surface area contributed by atoms with Gasteiger partial charge in [0.2, 0.25) is 0 Å². The molecule has 3 atom stereocenters. The third kappa shape index (κ3) is 5.71. The lowest BCUT2D eigenvalue weighted by Crippen LogP contribution is -2.34. The molecule has 0 saturated carbocycles. The summed E-state index contributed by atoms with van der Waals surface area (Å²) in [6, 6.07) is 17.7. The molecule has 0 aliphatic heterocycles. The van der Waals surface area contributed by atoms with Gasteiger partial charge in [-0.3, -0.25) is 8.74 Å². The largest absolute Gasteiger partial charge is 0.486 e. The number of hydrogen-bond donors (Lipinski definition) is 1. The minimum absolute atomic E-state index is 0.412. The summed E-state index contributed by atoms with van der Waals surface area (Å²) in [6.07, 6.45) is -0.0282. The van der Waals surface area contributed by atoms with E-state index < -0.39 is 23.6 Å². The summed E-state index contributed by atoms with van der Waals surface area (Å²) < 4.78 is 31.5. The molecule has 0 saturated heterocycles. The first-order chi connectivity index (χ1) is 12.2. The number of rotatable bonds is 8. The summed E-state index contributed by atoms with van der Waals surface area (Å²) in [4.78, 5) is 0. The van der Waals surface area contributed by atoms with Gasteiger partial charge in [-0.2, -0.15) is 4.21 Å². The highest BCUT2D eigenvalue weighted by Crippen LogP contribution is 2.31. The van der Waals surface area contributed by atoms with Gasteiger partial charge in [-0.15, -0.1) is 5.92 Å². The first-order valence-corrected chi connectivity index (χ1v) is 9.17. The summed E-state index contributed by atoms with van der Waals surface area (Å²) in [6.45, 7) is 3.64. The second-order valence-electron chi connectivity index (χ2n) is 5.41. The van der Waals surface area contributed by atoms with E-state index in [2.05, 4.69) is 11.8 Å². The molecule has 0 heterocycles. The monoisotopic (exact) mass is 358 g/mol. The summed E-state index contributed by atoms with van der Waals surface area (Å²) in [5.41, 5.74) is 2.00. The van der Waals surface area contributed by atoms with Crippen LogP contribution < -0.4 is 4.74 Å². The predicted octanol–water partition coefficient (Wildman–Crippen LogP) is 4.45. The van der Waals surface area contributed by atoms with Gasteiger partial charge >= 0.3 is 11.4 Å². The van der Waals surface area contributed by atoms with E-state index in [9.17, 15) is 4.21 Å². The fourth-order valence-corrected chi connectivity index (χ4v) is 3.01. The average Bonchev–Trinajstić information content (AvgIpc) is 2.64. The molecule has 0 radical (unpaired) electrons. The van der Waals surface area contributed by atoms with Crippen LogP contribution in [0.25, 0.3) is 11.1 Å². The third-order valence-corrected chi connectivity index (χ3v) is 4.17. The molecule has 0 bridgehead atoms. The number of hydrogen-bond acceptors (Lipinski definition) is 3. The zero-order chi connectivity index (χ0) is 18.1. The van der Waals surface area contributed by atoms with Gasteiger partial charge in [-0.05, 0) is 25.0 Å². The normalized spacial score (nSPS) is 14.0. The van der Waals surface area contributed by atoms with Crippen molar-refractivity contribution in [1.82, 2.24) is 0 Å². The molecule has 5 heteroatoms. The Labute approximate surface area is 151 Å². The van der Waals surface area contributed by atoms with Crippen LogP contribution in [0.15, 0.2) is 54.6 Å². The lowest BCUT2D eigenvalue weighted by Gasteiger charge is -2.25. The molecule has 132 valence electrons. The first kappa shape index (κ1) is 19.2. The zero-order valence-corrected chi connectivity index (χ0v) is 15.2. The van der Waals surface area contributed by atoms with Crippen LogP contribution in [-0.4, -0.2) is 21.0 Å². The molecule has 1 N–H and O–H groups in total. The summed E-state index contributed by atoms with van der Waals surface area (Å²) >= 11 is -2.35. The summed E-state index contributed by atoms with van der Waals surface area (Å²) in [7, 11) is 0. The van der Waals surface area contributed by atoms with Crippen LogP contribution >= 0.6 is 0 Å². The van der Waals surface area contributed by atoms with Crippen LogP contribution in [0.4, 0.5) is 0 Å². The second kappa shape index (κ2) is 10.00. The van der Waals surface area contributed by atoms with Gasteiger partial charge < -0.3 is 4.74 Å². The van der Waals surface area contributed by atoms with Gasteiger partial charge in [0.1, 0.15) is 18.0 Å². The molecule has 2 aromatic carbocycles. The van der Waals surface area contributed by atoms with E-state index in [-0.39, 0.29) is 0 Å². The van der Waals surface area contributed by atoms with Crippen LogP contribution in [0.3, 0.4) is 0 Å². The smallest absolute Gasteiger partial charge is 0.302 e. The molecule has 25 heavy (non-hydrogen) atoms. The highest BCUT2D eigenvalue weighted by atomic mass is 32.2. The SMILES string of the molecule is CC#CCC(Oc1ccccc1-c1ccccc1)C(CC)OS(=O)O. The van der Waals surface area contributed by atoms with E-state index in [1.165, 1.54) is 0 Å². The van der Waals surface area contributed by atoms with Crippen molar-refractivity contribution < 1.29 is 17.7 Å². The van der Waals surface area contributed by atoms with Crippen LogP contribution in [-0.2, 0) is 15.5 Å². The lowest BCUT2D eigenvalue weighted by molar-refractivity contribution is 0.0580. The Balaban J connectivity index is 2.32. The van der Waals surface area contributed by atoms with E-state index >= 15 is 0 Å². The molecule has 0 aliphatic carbocycles. The van der Waals surface area contributed by atoms with Gasteiger partial charge in [0.25, 0.3) is 0 Å². The number of ether oxygens (including phenoxy) is 1. The molecule has 2 rings (SSSR count). The minimum atomic E-state index is -2.35. The first-order valence-electron chi connectivity index (χ1n) is 8.14. The molecule has 2 aromatic rings. The van der Waals surface area contributed by atoms with Gasteiger partial charge in [0.05, 0.1) is 0 Å². The molecular formula is C20H22O4S. The summed E-state index contributed by atoms with van der Waals surface area (Å²) in [5.74, 6) is 6.52. The Morgan fingerprint density at radius 1 is 1.08 bits per heavy atom. The summed E-state index contributed by atoms with van der Waals surface area (Å²) in [5, 5.41) is 0. The van der Waals surface area contributed by atoms with Crippen molar-refractivity contribution in [2.45, 2.75) is 38.9 Å². The zero-order valence-electron chi connectivity index (χ0n) is 14.3. The Bertz CT molecular complexity index is 749. The molecular weight excluding hydrogens is 336 g/mol. The molecule has 3 unspecified atom stereocenters. The van der Waals surface area contributed by atoms with E-state index in [0.717, 1.165) is 11.1 Å². The molecule has 0 aromatic heterocycles. The highest BCUT2D eigenvalue weighted by molar-refractivity contribution is 7.74. The van der Waals surface area contributed by atoms with E-state index in [4.69, 9.17) is 13.5 Å². The number of benzene rings is 2. The standard InChI is InChI=1S/C20H22O4S/c1-3-5-14-20(18(4-2)24-25(21)22)23-19-15-10-9-13-17(19)16-11-7-6-8-12-16/h6-13,15,18,20H,4,14H2,1-2H3,(H,21,22). The van der Waals surface area contributed by atoms with Crippen molar-refractivity contribution in [3.63, 3.8) is 0 Å². The maximum atomic E-state index is 11.1. The average molecular weight is 358 g/mol. The Kier molecular flexibility index (Phi) is 7.68. The van der Waals surface area contributed by atoms with Crippen molar-refractivity contribution in [2.75, 3.05) is 0 Å². The Morgan fingerprint density at radius 3 is 2.40 bits per heavy atom. The van der Waals surface area contributed by atoms with Gasteiger partial charge in [-0.1, -0.05) is 61.4 Å². The molecule has 0 aliphatic rings. The molecule has 0 spiro atoms. The van der Waals surface area contributed by atoms with Crippen molar-refractivity contribution in [3.05, 3.63) is 54.6 Å². The van der Waals surface area contributed by atoms with Crippen LogP contribution in [0.2, 0.25) is 0 Å². The van der Waals surface area contributed by atoms with E-state index in [0.29, 0.717) is 18.6 Å². The fourth-order valence-electron chi connectivity index (χ4n) is 2.54. The predicted molar refractivity (Wildman–Crippen MR) is 100 cm³/mol. The quantitative estimate of drug-likeness (QED) is 0.560. The second-order valence-corrected chi connectivity index (χ2v) is 6.04. The van der Waals surface area contributed by atoms with Gasteiger partial charge in [-0.25, -0.2) is 0 Å². The molecule has 0 fully saturated rings. The topological polar surface area (TPSA) is 55.8 Å². The number of para-hydroxylation sites is 1. The van der Waals surface area contributed by atoms with E-state index in [1.807, 2.05) is 61.5 Å². The van der Waals surface area contributed by atoms with E-state index in [1.54, 1.807) is 6.92 Å². The van der Waals surface area contributed by atoms with Crippen molar-refractivity contribution in [2.24, 2.45) is 0 Å². The lowest BCUT2D eigenvalue weighted by atomic mass is 10.0. The minimum Gasteiger partial charge on any atom is -0.486 e. The Morgan fingerprint density at radius 2 is 1.76 bits per heavy atom. The Hall–Kier alpha value is -2.13. The van der Waals surface area contributed by atoms with Crippen LogP contribution in [0.1, 0.15) is 26.7 Å². The van der Waals surface area contributed by atoms with Crippen molar-refractivity contribution in [1.29, 1.82) is 0 Å². The maximum Gasteiger partial charge on any atom is 0.302 e. The van der Waals surface area contributed by atoms with Crippen LogP contribution in [0.5, 0.6) is 5.75 Å². The third-order valence-electron chi connectivity index (χ3n) is 3.75. The van der Waals surface area contributed by atoms with Crippen molar-refractivity contribution >= 4 is 11.4 Å². The van der Waals surface area contributed by atoms with Gasteiger partial charge in [0.15, 0.2) is 0 Å². The van der Waals surface area contributed by atoms with Crippen LogP contribution in [0, 0.1) is 11.8 Å². The maximum absolute atomic E-state index is 11.1. The molecule has 0 amide bonds. The van der Waals surface area contributed by atoms with Crippen molar-refractivity contribution in [3.8, 4) is 28.7 Å². The fraction of sp³-hybridized carbons (Fsp3) is 0.300.